The molecule has 0 aromatic heterocycles. The molecule has 0 heterocycles. The van der Waals surface area contributed by atoms with Crippen LogP contribution in [0.1, 0.15) is 26.7 Å². The van der Waals surface area contributed by atoms with Gasteiger partial charge in [-0.05, 0) is 18.4 Å². The van der Waals surface area contributed by atoms with Gasteiger partial charge in [-0.2, -0.15) is 0 Å². The number of nitrogens with one attached hydrogen (secondary N) is 2. The molecule has 112 valence electrons. The number of urea groups is 1. The molecule has 0 saturated heterocycles. The van der Waals surface area contributed by atoms with Crippen LogP contribution in [-0.2, 0) is 4.79 Å². The first-order valence-electron chi connectivity index (χ1n) is 6.37. The number of carboxylic acids is 1. The van der Waals surface area contributed by atoms with E-state index < -0.39 is 23.9 Å². The zero-order valence-electron chi connectivity index (χ0n) is 11.3. The normalized spacial score (nSPS) is 21.3. The lowest BCUT2D eigenvalue weighted by molar-refractivity contribution is -0.140. The predicted molar refractivity (Wildman–Crippen MR) is 77.2 cm³/mol. The first kappa shape index (κ1) is 16.7. The van der Waals surface area contributed by atoms with Crippen LogP contribution in [0.5, 0.6) is 0 Å². The fourth-order valence-corrected chi connectivity index (χ4v) is 2.16. The van der Waals surface area contributed by atoms with Crippen molar-refractivity contribution in [3.63, 3.8) is 0 Å². The van der Waals surface area contributed by atoms with E-state index in [9.17, 15) is 14.0 Å². The van der Waals surface area contributed by atoms with Crippen LogP contribution >= 0.6 is 15.9 Å². The van der Waals surface area contributed by atoms with Crippen molar-refractivity contribution in [1.82, 2.24) is 10.6 Å². The Kier molecular flexibility index (Phi) is 6.19. The lowest BCUT2D eigenvalue weighted by Gasteiger charge is -2.21. The fraction of sp³-hybridized carbons (Fsp3) is 0.538. The molecule has 2 amide bonds. The van der Waals surface area contributed by atoms with E-state index in [2.05, 4.69) is 26.6 Å². The van der Waals surface area contributed by atoms with Crippen LogP contribution in [0.2, 0.25) is 0 Å². The molecule has 3 unspecified atom stereocenters. The molecular weight excluding hydrogens is 331 g/mol. The van der Waals surface area contributed by atoms with E-state index in [4.69, 9.17) is 5.11 Å². The molecule has 0 fully saturated rings. The first-order valence-corrected chi connectivity index (χ1v) is 7.29. The van der Waals surface area contributed by atoms with Crippen LogP contribution in [0.25, 0.3) is 0 Å². The van der Waals surface area contributed by atoms with E-state index in [0.29, 0.717) is 12.8 Å². The summed E-state index contributed by atoms with van der Waals surface area (Å²) in [6.07, 6.45) is 4.06. The molecule has 0 saturated carbocycles. The number of hydrogen-bond acceptors (Lipinski definition) is 2. The quantitative estimate of drug-likeness (QED) is 0.668. The average molecular weight is 349 g/mol. The molecule has 0 aromatic carbocycles. The topological polar surface area (TPSA) is 78.4 Å². The highest BCUT2D eigenvalue weighted by atomic mass is 79.9. The minimum Gasteiger partial charge on any atom is -0.480 e. The van der Waals surface area contributed by atoms with Crippen molar-refractivity contribution in [2.75, 3.05) is 0 Å². The summed E-state index contributed by atoms with van der Waals surface area (Å²) in [4.78, 5) is 22.7. The molecule has 0 aliphatic heterocycles. The number of halogens is 2. The highest BCUT2D eigenvalue weighted by Gasteiger charge is 2.26. The van der Waals surface area contributed by atoms with Crippen molar-refractivity contribution < 1.29 is 19.1 Å². The van der Waals surface area contributed by atoms with Gasteiger partial charge in [-0.15, -0.1) is 0 Å². The lowest BCUT2D eigenvalue weighted by atomic mass is 9.99. The van der Waals surface area contributed by atoms with Crippen molar-refractivity contribution in [1.29, 1.82) is 0 Å². The third-order valence-electron chi connectivity index (χ3n) is 3.15. The van der Waals surface area contributed by atoms with Crippen molar-refractivity contribution >= 4 is 27.9 Å². The molecule has 3 atom stereocenters. The zero-order valence-corrected chi connectivity index (χ0v) is 12.9. The Morgan fingerprint density at radius 1 is 1.60 bits per heavy atom. The minimum atomic E-state index is -1.11. The highest BCUT2D eigenvalue weighted by molar-refractivity contribution is 9.09. The lowest BCUT2D eigenvalue weighted by Crippen LogP contribution is -2.49. The van der Waals surface area contributed by atoms with Crippen LogP contribution in [0.15, 0.2) is 23.7 Å². The fourth-order valence-electron chi connectivity index (χ4n) is 1.74. The number of carbonyl (C=O) groups excluding carboxylic acids is 1. The Morgan fingerprint density at radius 3 is 2.75 bits per heavy atom. The van der Waals surface area contributed by atoms with Gasteiger partial charge < -0.3 is 15.7 Å². The standard InChI is InChI=1S/C13H18BrFN2O3/c1-3-7(2)11(12(18)19)17-13(20)16-10-5-4-8(14)6-9(10)15/h5-8,11H,3-4H2,1-2H3,(H,18,19)(H2,16,17,20). The van der Waals surface area contributed by atoms with Gasteiger partial charge in [-0.25, -0.2) is 14.0 Å². The van der Waals surface area contributed by atoms with Gasteiger partial charge in [0.05, 0.1) is 5.70 Å². The zero-order chi connectivity index (χ0) is 15.3. The van der Waals surface area contributed by atoms with E-state index in [1.54, 1.807) is 13.0 Å². The summed E-state index contributed by atoms with van der Waals surface area (Å²) in [6.45, 7) is 3.57. The second-order valence-corrected chi connectivity index (χ2v) is 5.86. The Morgan fingerprint density at radius 2 is 2.25 bits per heavy atom. The Labute approximate surface area is 125 Å². The third-order valence-corrected chi connectivity index (χ3v) is 3.78. The molecule has 0 bridgehead atoms. The van der Waals surface area contributed by atoms with E-state index in [1.807, 2.05) is 6.92 Å². The number of allylic oxidation sites excluding steroid dienone is 3. The molecule has 7 heteroatoms. The van der Waals surface area contributed by atoms with Gasteiger partial charge in [-0.1, -0.05) is 42.3 Å². The molecular formula is C13H18BrFN2O3. The number of hydrogen-bond donors (Lipinski definition) is 3. The summed E-state index contributed by atoms with van der Waals surface area (Å²) in [5.74, 6) is -1.86. The highest BCUT2D eigenvalue weighted by Crippen LogP contribution is 2.22. The van der Waals surface area contributed by atoms with Crippen LogP contribution in [0, 0.1) is 5.92 Å². The second kappa shape index (κ2) is 7.42. The van der Waals surface area contributed by atoms with Gasteiger partial charge in [0.15, 0.2) is 0 Å². The Hall–Kier alpha value is -1.37. The van der Waals surface area contributed by atoms with Crippen LogP contribution < -0.4 is 10.6 Å². The molecule has 1 rings (SSSR count). The van der Waals surface area contributed by atoms with Gasteiger partial charge in [0.2, 0.25) is 0 Å². The monoisotopic (exact) mass is 348 g/mol. The third kappa shape index (κ3) is 4.63. The van der Waals surface area contributed by atoms with E-state index in [1.165, 1.54) is 6.08 Å². The molecule has 5 nitrogen and oxygen atoms in total. The summed E-state index contributed by atoms with van der Waals surface area (Å²) >= 11 is 3.24. The van der Waals surface area contributed by atoms with E-state index >= 15 is 0 Å². The van der Waals surface area contributed by atoms with Crippen LogP contribution in [0.3, 0.4) is 0 Å². The molecule has 1 aliphatic carbocycles. The molecule has 20 heavy (non-hydrogen) atoms. The van der Waals surface area contributed by atoms with Gasteiger partial charge in [0.1, 0.15) is 11.9 Å². The molecule has 1 aliphatic rings. The smallest absolute Gasteiger partial charge is 0.326 e. The Balaban J connectivity index is 2.63. The van der Waals surface area contributed by atoms with Gasteiger partial charge >= 0.3 is 12.0 Å². The molecule has 0 radical (unpaired) electrons. The minimum absolute atomic E-state index is 0.0616. The summed E-state index contributed by atoms with van der Waals surface area (Å²) in [5, 5.41) is 13.8. The van der Waals surface area contributed by atoms with Crippen LogP contribution in [-0.4, -0.2) is 28.0 Å². The molecule has 3 N–H and O–H groups in total. The first-order chi connectivity index (χ1) is 9.35. The number of carbonyl (C=O) groups is 2. The van der Waals surface area contributed by atoms with Crippen molar-refractivity contribution in [3.05, 3.63) is 23.7 Å². The number of aliphatic carboxylic acids is 1. The van der Waals surface area contributed by atoms with Crippen LogP contribution in [0.4, 0.5) is 9.18 Å². The summed E-state index contributed by atoms with van der Waals surface area (Å²) in [7, 11) is 0. The number of alkyl halides is 1. The van der Waals surface area contributed by atoms with Crippen molar-refractivity contribution in [2.45, 2.75) is 37.6 Å². The summed E-state index contributed by atoms with van der Waals surface area (Å²) in [6, 6.07) is -1.72. The van der Waals surface area contributed by atoms with E-state index in [0.717, 1.165) is 0 Å². The maximum absolute atomic E-state index is 13.6. The number of amides is 2. The van der Waals surface area contributed by atoms with Gasteiger partial charge in [0.25, 0.3) is 0 Å². The van der Waals surface area contributed by atoms with Gasteiger partial charge in [0, 0.05) is 4.83 Å². The second-order valence-electron chi connectivity index (χ2n) is 4.68. The Bertz CT molecular complexity index is 451. The summed E-state index contributed by atoms with van der Waals surface area (Å²) in [5.41, 5.74) is 0.0616. The SMILES string of the molecule is CCC(C)C(NC(=O)NC1=CCC(Br)C=C1F)C(=O)O. The maximum Gasteiger partial charge on any atom is 0.326 e. The van der Waals surface area contributed by atoms with E-state index in [-0.39, 0.29) is 16.4 Å². The molecule has 0 aromatic rings. The maximum atomic E-state index is 13.6. The van der Waals surface area contributed by atoms with Gasteiger partial charge in [-0.3, -0.25) is 0 Å². The number of rotatable bonds is 5. The van der Waals surface area contributed by atoms with Crippen molar-refractivity contribution in [2.24, 2.45) is 5.92 Å². The average Bonchev–Trinajstić information content (AvgIpc) is 2.38. The van der Waals surface area contributed by atoms with Crippen molar-refractivity contribution in [3.8, 4) is 0 Å². The molecule has 0 spiro atoms. The summed E-state index contributed by atoms with van der Waals surface area (Å²) < 4.78 is 13.6. The largest absolute Gasteiger partial charge is 0.480 e. The predicted octanol–water partition coefficient (Wildman–Crippen LogP) is 2.69. The number of carboxylic acid groups (broad SMARTS) is 1.